The maximum atomic E-state index is 13.0. The van der Waals surface area contributed by atoms with E-state index in [4.69, 9.17) is 4.42 Å². The van der Waals surface area contributed by atoms with E-state index in [1.807, 2.05) is 12.1 Å². The van der Waals surface area contributed by atoms with Crippen LogP contribution >= 0.6 is 0 Å². The minimum absolute atomic E-state index is 0.00662. The van der Waals surface area contributed by atoms with Crippen molar-refractivity contribution in [3.05, 3.63) is 24.2 Å². The first kappa shape index (κ1) is 16.1. The summed E-state index contributed by atoms with van der Waals surface area (Å²) >= 11 is 0. The number of nitrogens with zero attached hydrogens (tertiary/aromatic N) is 1. The molecule has 4 rings (SSSR count). The van der Waals surface area contributed by atoms with Crippen LogP contribution in [0.4, 0.5) is 8.78 Å². The lowest BCUT2D eigenvalue weighted by atomic mass is 9.76. The van der Waals surface area contributed by atoms with E-state index in [0.29, 0.717) is 0 Å². The summed E-state index contributed by atoms with van der Waals surface area (Å²) in [6.07, 6.45) is 5.26. The summed E-state index contributed by atoms with van der Waals surface area (Å²) in [5.41, 5.74) is 0.0168. The smallest absolute Gasteiger partial charge is 0.252 e. The molecule has 2 aliphatic carbocycles. The molecule has 2 unspecified atom stereocenters. The number of furan rings is 1. The number of alkyl halides is 2. The second-order valence-corrected chi connectivity index (χ2v) is 7.82. The van der Waals surface area contributed by atoms with Crippen molar-refractivity contribution in [2.24, 2.45) is 11.3 Å². The summed E-state index contributed by atoms with van der Waals surface area (Å²) in [5, 5.41) is 2.87. The van der Waals surface area contributed by atoms with E-state index in [-0.39, 0.29) is 36.1 Å². The molecule has 3 fully saturated rings. The van der Waals surface area contributed by atoms with Crippen LogP contribution in [0.5, 0.6) is 0 Å². The lowest BCUT2D eigenvalue weighted by Crippen LogP contribution is -2.53. The van der Waals surface area contributed by atoms with Crippen LogP contribution in [0.2, 0.25) is 0 Å². The SMILES string of the molecule is O=C(NC1CC(F)(F)C1)C1CCCC12CCN(Cc1ccco1)C2. The zero-order valence-electron chi connectivity index (χ0n) is 13.8. The number of carbonyl (C=O) groups excluding carboxylic acids is 1. The van der Waals surface area contributed by atoms with Crippen molar-refractivity contribution >= 4 is 5.91 Å². The number of amides is 1. The molecule has 1 aliphatic heterocycles. The molecule has 0 bridgehead atoms. The van der Waals surface area contributed by atoms with Crippen molar-refractivity contribution in [2.45, 2.75) is 57.0 Å². The molecule has 0 radical (unpaired) electrons. The van der Waals surface area contributed by atoms with E-state index >= 15 is 0 Å². The molecule has 1 spiro atoms. The van der Waals surface area contributed by atoms with Gasteiger partial charge in [-0.05, 0) is 43.4 Å². The van der Waals surface area contributed by atoms with E-state index in [2.05, 4.69) is 10.2 Å². The van der Waals surface area contributed by atoms with Crippen LogP contribution in [0.3, 0.4) is 0 Å². The fraction of sp³-hybridized carbons (Fsp3) is 0.722. The number of rotatable bonds is 4. The van der Waals surface area contributed by atoms with Gasteiger partial charge in [-0.25, -0.2) is 8.78 Å². The van der Waals surface area contributed by atoms with Gasteiger partial charge in [0, 0.05) is 31.3 Å². The van der Waals surface area contributed by atoms with Gasteiger partial charge in [0.05, 0.1) is 12.8 Å². The Morgan fingerprint density at radius 3 is 2.92 bits per heavy atom. The summed E-state index contributed by atoms with van der Waals surface area (Å²) in [6, 6.07) is 3.52. The molecule has 2 atom stereocenters. The van der Waals surface area contributed by atoms with Gasteiger partial charge in [-0.3, -0.25) is 9.69 Å². The van der Waals surface area contributed by atoms with Gasteiger partial charge in [-0.15, -0.1) is 0 Å². The number of carbonyl (C=O) groups is 1. The van der Waals surface area contributed by atoms with Crippen LogP contribution in [0.1, 0.15) is 44.3 Å². The minimum Gasteiger partial charge on any atom is -0.468 e. The van der Waals surface area contributed by atoms with Crippen molar-refractivity contribution in [2.75, 3.05) is 13.1 Å². The number of nitrogens with one attached hydrogen (secondary N) is 1. The standard InChI is InChI=1S/C18H24F2N2O2/c19-18(20)9-13(10-18)21-16(23)15-4-1-5-17(15)6-7-22(12-17)11-14-3-2-8-24-14/h2-3,8,13,15H,1,4-7,9-12H2,(H,21,23). The van der Waals surface area contributed by atoms with Crippen LogP contribution in [0.25, 0.3) is 0 Å². The Labute approximate surface area is 140 Å². The average molecular weight is 338 g/mol. The third-order valence-corrected chi connectivity index (χ3v) is 6.08. The van der Waals surface area contributed by atoms with Crippen LogP contribution in [-0.2, 0) is 11.3 Å². The molecule has 1 saturated heterocycles. The van der Waals surface area contributed by atoms with Gasteiger partial charge in [0.2, 0.25) is 5.91 Å². The fourth-order valence-electron chi connectivity index (χ4n) is 4.84. The van der Waals surface area contributed by atoms with Crippen molar-refractivity contribution in [3.63, 3.8) is 0 Å². The van der Waals surface area contributed by atoms with Gasteiger partial charge in [-0.2, -0.15) is 0 Å². The molecule has 132 valence electrons. The van der Waals surface area contributed by atoms with Crippen LogP contribution < -0.4 is 5.32 Å². The van der Waals surface area contributed by atoms with Gasteiger partial charge in [0.15, 0.2) is 0 Å². The highest BCUT2D eigenvalue weighted by atomic mass is 19.3. The Morgan fingerprint density at radius 2 is 2.21 bits per heavy atom. The van der Waals surface area contributed by atoms with Gasteiger partial charge in [-0.1, -0.05) is 6.42 Å². The molecular formula is C18H24F2N2O2. The third-order valence-electron chi connectivity index (χ3n) is 6.08. The summed E-state index contributed by atoms with van der Waals surface area (Å²) in [5.74, 6) is -1.68. The number of hydrogen-bond acceptors (Lipinski definition) is 3. The molecule has 24 heavy (non-hydrogen) atoms. The highest BCUT2D eigenvalue weighted by molar-refractivity contribution is 5.80. The predicted molar refractivity (Wildman–Crippen MR) is 84.5 cm³/mol. The Morgan fingerprint density at radius 1 is 1.38 bits per heavy atom. The molecule has 2 heterocycles. The van der Waals surface area contributed by atoms with Gasteiger partial charge in [0.1, 0.15) is 5.76 Å². The Hall–Kier alpha value is -1.43. The number of likely N-dealkylation sites (tertiary alicyclic amines) is 1. The average Bonchev–Trinajstić information content (AvgIpc) is 3.20. The van der Waals surface area contributed by atoms with E-state index in [1.165, 1.54) is 0 Å². The first-order valence-corrected chi connectivity index (χ1v) is 8.89. The molecule has 1 aromatic heterocycles. The Bertz CT molecular complexity index is 596. The van der Waals surface area contributed by atoms with Crippen molar-refractivity contribution in [1.82, 2.24) is 10.2 Å². The monoisotopic (exact) mass is 338 g/mol. The van der Waals surface area contributed by atoms with Gasteiger partial charge < -0.3 is 9.73 Å². The third kappa shape index (κ3) is 2.96. The number of halogens is 2. The summed E-state index contributed by atoms with van der Waals surface area (Å²) in [6.45, 7) is 2.64. The molecule has 1 amide bonds. The molecular weight excluding hydrogens is 314 g/mol. The van der Waals surface area contributed by atoms with Crippen LogP contribution in [0, 0.1) is 11.3 Å². The number of hydrogen-bond donors (Lipinski definition) is 1. The second-order valence-electron chi connectivity index (χ2n) is 7.82. The van der Waals surface area contributed by atoms with E-state index in [1.54, 1.807) is 6.26 Å². The molecule has 0 aromatic carbocycles. The van der Waals surface area contributed by atoms with E-state index in [0.717, 1.165) is 51.1 Å². The fourth-order valence-corrected chi connectivity index (χ4v) is 4.84. The highest BCUT2D eigenvalue weighted by Gasteiger charge is 2.52. The van der Waals surface area contributed by atoms with Crippen molar-refractivity contribution < 1.29 is 18.0 Å². The predicted octanol–water partition coefficient (Wildman–Crippen LogP) is 3.19. The maximum absolute atomic E-state index is 13.0. The van der Waals surface area contributed by atoms with E-state index < -0.39 is 5.92 Å². The summed E-state index contributed by atoms with van der Waals surface area (Å²) in [7, 11) is 0. The molecule has 4 nitrogen and oxygen atoms in total. The van der Waals surface area contributed by atoms with Gasteiger partial charge in [0.25, 0.3) is 5.92 Å². The van der Waals surface area contributed by atoms with Crippen molar-refractivity contribution in [1.29, 1.82) is 0 Å². The van der Waals surface area contributed by atoms with E-state index in [9.17, 15) is 13.6 Å². The molecule has 2 saturated carbocycles. The minimum atomic E-state index is -2.58. The molecule has 1 N–H and O–H groups in total. The topological polar surface area (TPSA) is 45.5 Å². The Kier molecular flexibility index (Phi) is 3.90. The zero-order valence-corrected chi connectivity index (χ0v) is 13.8. The summed E-state index contributed by atoms with van der Waals surface area (Å²) < 4.78 is 31.4. The maximum Gasteiger partial charge on any atom is 0.252 e. The van der Waals surface area contributed by atoms with Crippen LogP contribution in [-0.4, -0.2) is 35.9 Å². The largest absolute Gasteiger partial charge is 0.468 e. The summed E-state index contributed by atoms with van der Waals surface area (Å²) in [4.78, 5) is 15.0. The van der Waals surface area contributed by atoms with Crippen molar-refractivity contribution in [3.8, 4) is 0 Å². The molecule has 1 aromatic rings. The molecule has 3 aliphatic rings. The van der Waals surface area contributed by atoms with Crippen LogP contribution in [0.15, 0.2) is 22.8 Å². The first-order chi connectivity index (χ1) is 11.5. The second kappa shape index (κ2) is 5.83. The zero-order chi connectivity index (χ0) is 16.8. The van der Waals surface area contributed by atoms with Gasteiger partial charge >= 0.3 is 0 Å². The lowest BCUT2D eigenvalue weighted by Gasteiger charge is -2.38. The highest BCUT2D eigenvalue weighted by Crippen LogP contribution is 2.50. The first-order valence-electron chi connectivity index (χ1n) is 8.89. The lowest BCUT2D eigenvalue weighted by molar-refractivity contribution is -0.135. The Balaban J connectivity index is 1.37. The quantitative estimate of drug-likeness (QED) is 0.917. The molecule has 6 heteroatoms. The normalized spacial score (nSPS) is 33.0.